The number of benzene rings is 3. The van der Waals surface area contributed by atoms with E-state index in [0.29, 0.717) is 16.6 Å². The summed E-state index contributed by atoms with van der Waals surface area (Å²) in [7, 11) is 0. The van der Waals surface area contributed by atoms with Crippen LogP contribution in [0.3, 0.4) is 0 Å². The van der Waals surface area contributed by atoms with Gasteiger partial charge >= 0.3 is 5.97 Å². The van der Waals surface area contributed by atoms with Crippen molar-refractivity contribution in [2.24, 2.45) is 0 Å². The maximum absolute atomic E-state index is 11.3. The van der Waals surface area contributed by atoms with Crippen molar-refractivity contribution >= 4 is 34.9 Å². The Morgan fingerprint density at radius 2 is 1.78 bits per heavy atom. The number of fused-ring (bicyclic) bond motifs is 1. The van der Waals surface area contributed by atoms with Crippen LogP contribution in [0.25, 0.3) is 11.1 Å². The molecule has 27 heavy (non-hydrogen) atoms. The van der Waals surface area contributed by atoms with E-state index in [0.717, 1.165) is 35.3 Å². The summed E-state index contributed by atoms with van der Waals surface area (Å²) in [5, 5.41) is 10.4. The zero-order valence-corrected chi connectivity index (χ0v) is 16.0. The smallest absolute Gasteiger partial charge is 0.335 e. The second kappa shape index (κ2) is 7.26. The molecule has 0 saturated carbocycles. The van der Waals surface area contributed by atoms with Crippen LogP contribution in [0, 0.1) is 0 Å². The Kier molecular flexibility index (Phi) is 4.81. The lowest BCUT2D eigenvalue weighted by Gasteiger charge is -2.21. The largest absolute Gasteiger partial charge is 0.478 e. The zero-order valence-electron chi connectivity index (χ0n) is 14.5. The number of hydrogen-bond acceptors (Lipinski definition) is 2. The maximum atomic E-state index is 11.3. The minimum absolute atomic E-state index is 0.288. The maximum Gasteiger partial charge on any atom is 0.335 e. The summed E-state index contributed by atoms with van der Waals surface area (Å²) < 4.78 is 0. The van der Waals surface area contributed by atoms with Crippen molar-refractivity contribution < 1.29 is 9.90 Å². The summed E-state index contributed by atoms with van der Waals surface area (Å²) in [6.07, 6.45) is 0.975. The highest BCUT2D eigenvalue weighted by molar-refractivity contribution is 6.42. The van der Waals surface area contributed by atoms with Gasteiger partial charge in [0.15, 0.2) is 0 Å². The van der Waals surface area contributed by atoms with Crippen molar-refractivity contribution in [3.05, 3.63) is 87.4 Å². The number of carbonyl (C=O) groups is 1. The lowest BCUT2D eigenvalue weighted by Crippen LogP contribution is -2.19. The molecule has 0 fully saturated rings. The Labute approximate surface area is 167 Å². The molecular formula is C22H17Cl2NO2. The SMILES string of the molecule is O=C(O)c1cccc(-c2ccc3c(c2)N(Cc2cccc(Cl)c2Cl)CC3)c1. The van der Waals surface area contributed by atoms with Gasteiger partial charge < -0.3 is 10.0 Å². The molecule has 0 amide bonds. The number of halogens is 2. The summed E-state index contributed by atoms with van der Waals surface area (Å²) in [5.41, 5.74) is 5.62. The highest BCUT2D eigenvalue weighted by atomic mass is 35.5. The van der Waals surface area contributed by atoms with Crippen LogP contribution in [-0.4, -0.2) is 17.6 Å². The van der Waals surface area contributed by atoms with E-state index in [1.54, 1.807) is 24.3 Å². The molecule has 0 bridgehead atoms. The zero-order chi connectivity index (χ0) is 19.0. The molecule has 0 atom stereocenters. The molecule has 1 N–H and O–H groups in total. The van der Waals surface area contributed by atoms with Crippen molar-refractivity contribution in [2.75, 3.05) is 11.4 Å². The highest BCUT2D eigenvalue weighted by Gasteiger charge is 2.21. The van der Waals surface area contributed by atoms with Crippen molar-refractivity contribution in [3.8, 4) is 11.1 Å². The number of carboxylic acid groups (broad SMARTS) is 1. The van der Waals surface area contributed by atoms with E-state index in [9.17, 15) is 9.90 Å². The predicted molar refractivity (Wildman–Crippen MR) is 110 cm³/mol. The van der Waals surface area contributed by atoms with Gasteiger partial charge in [0.2, 0.25) is 0 Å². The first-order valence-electron chi connectivity index (χ1n) is 8.67. The summed E-state index contributed by atoms with van der Waals surface area (Å²) >= 11 is 12.5. The van der Waals surface area contributed by atoms with Crippen molar-refractivity contribution in [2.45, 2.75) is 13.0 Å². The molecule has 5 heteroatoms. The van der Waals surface area contributed by atoms with Crippen LogP contribution >= 0.6 is 23.2 Å². The van der Waals surface area contributed by atoms with Gasteiger partial charge in [0.05, 0.1) is 15.6 Å². The van der Waals surface area contributed by atoms with Gasteiger partial charge in [-0.2, -0.15) is 0 Å². The van der Waals surface area contributed by atoms with E-state index < -0.39 is 5.97 Å². The summed E-state index contributed by atoms with van der Waals surface area (Å²) in [5.74, 6) is -0.921. The van der Waals surface area contributed by atoms with E-state index in [1.807, 2.05) is 18.2 Å². The average molecular weight is 398 g/mol. The number of rotatable bonds is 4. The Hall–Kier alpha value is -2.49. The van der Waals surface area contributed by atoms with Crippen LogP contribution in [-0.2, 0) is 13.0 Å². The lowest BCUT2D eigenvalue weighted by atomic mass is 10.0. The third kappa shape index (κ3) is 3.53. The molecule has 0 aromatic heterocycles. The topological polar surface area (TPSA) is 40.5 Å². The normalized spacial score (nSPS) is 12.9. The molecule has 1 aliphatic rings. The third-order valence-corrected chi connectivity index (χ3v) is 5.77. The first-order valence-corrected chi connectivity index (χ1v) is 9.43. The third-order valence-electron chi connectivity index (χ3n) is 4.91. The van der Waals surface area contributed by atoms with Crippen LogP contribution in [0.1, 0.15) is 21.5 Å². The summed E-state index contributed by atoms with van der Waals surface area (Å²) in [6.45, 7) is 1.60. The fraction of sp³-hybridized carbons (Fsp3) is 0.136. The molecule has 0 saturated heterocycles. The van der Waals surface area contributed by atoms with Gasteiger partial charge in [-0.25, -0.2) is 4.79 Å². The molecule has 3 aromatic carbocycles. The van der Waals surface area contributed by atoms with E-state index in [1.165, 1.54) is 5.56 Å². The van der Waals surface area contributed by atoms with Crippen LogP contribution in [0.2, 0.25) is 10.0 Å². The van der Waals surface area contributed by atoms with Crippen LogP contribution in [0.4, 0.5) is 5.69 Å². The number of carboxylic acids is 1. The first-order chi connectivity index (χ1) is 13.0. The fourth-order valence-electron chi connectivity index (χ4n) is 3.50. The molecule has 0 radical (unpaired) electrons. The van der Waals surface area contributed by atoms with E-state index in [-0.39, 0.29) is 5.56 Å². The Morgan fingerprint density at radius 1 is 1.00 bits per heavy atom. The second-order valence-corrected chi connectivity index (χ2v) is 7.40. The summed E-state index contributed by atoms with van der Waals surface area (Å²) in [6, 6.07) is 19.0. The minimum atomic E-state index is -0.921. The van der Waals surface area contributed by atoms with E-state index in [2.05, 4.69) is 23.1 Å². The molecule has 1 aliphatic heterocycles. The van der Waals surface area contributed by atoms with Crippen LogP contribution < -0.4 is 4.90 Å². The number of hydrogen-bond donors (Lipinski definition) is 1. The molecule has 0 unspecified atom stereocenters. The highest BCUT2D eigenvalue weighted by Crippen LogP contribution is 2.35. The molecule has 0 spiro atoms. The fourth-order valence-corrected chi connectivity index (χ4v) is 3.88. The molecule has 3 aromatic rings. The van der Waals surface area contributed by atoms with Gasteiger partial charge in [-0.1, -0.05) is 59.6 Å². The number of nitrogens with zero attached hydrogens (tertiary/aromatic N) is 1. The Morgan fingerprint density at radius 3 is 2.59 bits per heavy atom. The molecule has 0 aliphatic carbocycles. The number of anilines is 1. The van der Waals surface area contributed by atoms with Gasteiger partial charge in [0.25, 0.3) is 0 Å². The van der Waals surface area contributed by atoms with Crippen molar-refractivity contribution in [1.82, 2.24) is 0 Å². The second-order valence-electron chi connectivity index (χ2n) is 6.61. The quantitative estimate of drug-likeness (QED) is 0.593. The molecule has 1 heterocycles. The van der Waals surface area contributed by atoms with Gasteiger partial charge in [-0.15, -0.1) is 0 Å². The van der Waals surface area contributed by atoms with Gasteiger partial charge in [-0.3, -0.25) is 0 Å². The predicted octanol–water partition coefficient (Wildman–Crippen LogP) is 5.92. The first kappa shape index (κ1) is 17.9. The van der Waals surface area contributed by atoms with Crippen molar-refractivity contribution in [3.63, 3.8) is 0 Å². The van der Waals surface area contributed by atoms with Gasteiger partial charge in [0.1, 0.15) is 0 Å². The van der Waals surface area contributed by atoms with Gasteiger partial charge in [0, 0.05) is 18.8 Å². The molecular weight excluding hydrogens is 381 g/mol. The number of aromatic carboxylic acids is 1. The molecule has 136 valence electrons. The molecule has 4 rings (SSSR count). The Bertz CT molecular complexity index is 1030. The molecule has 3 nitrogen and oxygen atoms in total. The van der Waals surface area contributed by atoms with Crippen LogP contribution in [0.5, 0.6) is 0 Å². The Balaban J connectivity index is 1.67. The van der Waals surface area contributed by atoms with Gasteiger partial charge in [-0.05, 0) is 52.9 Å². The lowest BCUT2D eigenvalue weighted by molar-refractivity contribution is 0.0697. The van der Waals surface area contributed by atoms with Crippen LogP contribution in [0.15, 0.2) is 60.7 Å². The summed E-state index contributed by atoms with van der Waals surface area (Å²) in [4.78, 5) is 13.5. The standard InChI is InChI=1S/C22H17Cl2NO2/c23-19-6-2-5-18(21(19)24)13-25-10-9-14-7-8-16(12-20(14)25)15-3-1-4-17(11-15)22(26)27/h1-8,11-12H,9-10,13H2,(H,26,27). The van der Waals surface area contributed by atoms with E-state index >= 15 is 0 Å². The van der Waals surface area contributed by atoms with E-state index in [4.69, 9.17) is 23.2 Å². The van der Waals surface area contributed by atoms with Crippen molar-refractivity contribution in [1.29, 1.82) is 0 Å². The monoisotopic (exact) mass is 397 g/mol. The average Bonchev–Trinajstić information content (AvgIpc) is 3.07. The minimum Gasteiger partial charge on any atom is -0.478 e.